The van der Waals surface area contributed by atoms with Gasteiger partial charge in [0.15, 0.2) is 38.8 Å². The van der Waals surface area contributed by atoms with Gasteiger partial charge < -0.3 is 45.1 Å². The van der Waals surface area contributed by atoms with E-state index in [0.717, 1.165) is 63.5 Å². The molecule has 6 N–H and O–H groups in total. The van der Waals surface area contributed by atoms with Gasteiger partial charge in [0.05, 0.1) is 22.1 Å². The molecule has 440 valence electrons. The summed E-state index contributed by atoms with van der Waals surface area (Å²) in [6, 6.07) is 15.7. The zero-order valence-electron chi connectivity index (χ0n) is 42.8. The number of esters is 2. The summed E-state index contributed by atoms with van der Waals surface area (Å²) in [5.41, 5.74) is 9.61. The molecule has 0 bridgehead atoms. The summed E-state index contributed by atoms with van der Waals surface area (Å²) in [6.07, 6.45) is -7.12. The monoisotopic (exact) mass is 1200 g/mol. The molecule has 2 aliphatic rings. The molecule has 0 aliphatic carbocycles. The topological polar surface area (TPSA) is 285 Å². The van der Waals surface area contributed by atoms with Gasteiger partial charge in [-0.05, 0) is 63.0 Å². The molecule has 9 heterocycles. The van der Waals surface area contributed by atoms with E-state index in [1.807, 2.05) is 58.0 Å². The van der Waals surface area contributed by atoms with Crippen LogP contribution in [0.15, 0.2) is 77.1 Å². The van der Waals surface area contributed by atoms with Crippen LogP contribution in [0.3, 0.4) is 0 Å². The summed E-state index contributed by atoms with van der Waals surface area (Å²) in [5, 5.41) is 6.28. The zero-order chi connectivity index (χ0) is 59.1. The van der Waals surface area contributed by atoms with Crippen molar-refractivity contribution in [2.24, 2.45) is 14.1 Å². The highest BCUT2D eigenvalue weighted by Gasteiger charge is 2.42. The number of hydrogen-bond acceptors (Lipinski definition) is 17. The third kappa shape index (κ3) is 14.4. The Morgan fingerprint density at radius 3 is 1.57 bits per heavy atom. The lowest BCUT2D eigenvalue weighted by molar-refractivity contribution is -0.201. The number of H-pyrrole nitrogens is 2. The smallest absolute Gasteiger partial charge is 0.393 e. The SMILES string of the molecule is C.CC(=O)OC(=O)C(F)(F)F.CNc1ncnc(Cl)c1N.Cn1c(C(F)(F)F)nc2c(Cl)ncnc21.Cn1c(C(F)(F)F)nc2c(N3CCC(n4c(=O)[nH]c5ccccc54)CC3)ncnc21.O=c1[nH]c2ccccc2n1C1CCNCC1. The van der Waals surface area contributed by atoms with E-state index in [1.54, 1.807) is 11.6 Å². The van der Waals surface area contributed by atoms with E-state index in [4.69, 9.17) is 28.9 Å². The van der Waals surface area contributed by atoms with Crippen LogP contribution in [-0.2, 0) is 40.8 Å². The Bertz CT molecular complexity index is 3800. The molecule has 0 atom stereocenters. The largest absolute Gasteiger partial charge is 0.491 e. The minimum Gasteiger partial charge on any atom is -0.393 e. The Morgan fingerprint density at radius 1 is 0.671 bits per heavy atom. The van der Waals surface area contributed by atoms with E-state index in [2.05, 4.69) is 65.2 Å². The molecule has 2 aromatic carbocycles. The van der Waals surface area contributed by atoms with Crippen LogP contribution in [0.4, 0.5) is 56.8 Å². The van der Waals surface area contributed by atoms with Crippen LogP contribution in [0.1, 0.15) is 63.8 Å². The molecule has 2 saturated heterocycles. The standard InChI is InChI=1S/C19H18F3N7O.C12H15N3O.C7H4ClF3N4.C5H7ClN4.C4H3F3O3.CH4/c1-27-15-14(26-17(27)19(20,21)22)16(24-10-23-15)28-8-6-11(7-9-28)29-13-5-3-2-4-12(13)25-18(29)30;16-12-14-10-3-1-2-4-11(10)15(12)9-5-7-13-8-6-9;1-15-5-3(4(8)12-2-13-5)14-6(15)7(9,10)11;1-8-5-3(7)4(6)9-2-10-5;1-2(8)10-3(9)4(5,6)7;/h2-5,10-11H,6-9H2,1H3,(H,25,30);1-4,9,13H,5-8H2,(H,14,16);2H,1H3;2H,7H2,1H3,(H,8,9,10);1H3;1H4. The number of piperidine rings is 2. The molecule has 2 aliphatic heterocycles. The highest BCUT2D eigenvalue weighted by atomic mass is 35.5. The van der Waals surface area contributed by atoms with Crippen molar-refractivity contribution in [1.82, 2.24) is 73.4 Å². The maximum Gasteiger partial charge on any atom is 0.491 e. The van der Waals surface area contributed by atoms with Gasteiger partial charge in [0.2, 0.25) is 11.6 Å². The molecule has 82 heavy (non-hydrogen) atoms. The van der Waals surface area contributed by atoms with Crippen molar-refractivity contribution >= 4 is 96.9 Å². The maximum absolute atomic E-state index is 13.3. The molecule has 11 rings (SSSR count). The van der Waals surface area contributed by atoms with Crippen molar-refractivity contribution in [3.05, 3.63) is 110 Å². The molecule has 0 amide bonds. The lowest BCUT2D eigenvalue weighted by Gasteiger charge is -2.33. The van der Waals surface area contributed by atoms with Gasteiger partial charge in [0, 0.05) is 53.2 Å². The van der Waals surface area contributed by atoms with Crippen LogP contribution in [0.5, 0.6) is 0 Å². The third-order valence-corrected chi connectivity index (χ3v) is 12.9. The minimum atomic E-state index is -5.09. The van der Waals surface area contributed by atoms with Crippen molar-refractivity contribution in [3.8, 4) is 0 Å². The Labute approximate surface area is 467 Å². The number of fused-ring (bicyclic) bond motifs is 4. The summed E-state index contributed by atoms with van der Waals surface area (Å²) in [7, 11) is 4.24. The van der Waals surface area contributed by atoms with Crippen LogP contribution in [-0.4, -0.2) is 119 Å². The fourth-order valence-electron chi connectivity index (χ4n) is 8.73. The lowest BCUT2D eigenvalue weighted by Crippen LogP contribution is -2.37. The molecule has 0 unspecified atom stereocenters. The number of hydrogen-bond donors (Lipinski definition) is 5. The molecular formula is C48H51Cl2F9N18O5. The molecule has 0 saturated carbocycles. The van der Waals surface area contributed by atoms with Gasteiger partial charge in [0.1, 0.15) is 30.2 Å². The number of rotatable bonds is 4. The van der Waals surface area contributed by atoms with Crippen molar-refractivity contribution in [1.29, 1.82) is 0 Å². The predicted molar refractivity (Wildman–Crippen MR) is 285 cm³/mol. The Kier molecular flexibility index (Phi) is 19.9. The first-order chi connectivity index (χ1) is 38.2. The number of aromatic nitrogens is 14. The van der Waals surface area contributed by atoms with Gasteiger partial charge in [0.25, 0.3) is 0 Å². The molecule has 23 nitrogen and oxygen atoms in total. The number of nitrogen functional groups attached to an aromatic ring is 1. The maximum atomic E-state index is 13.3. The predicted octanol–water partition coefficient (Wildman–Crippen LogP) is 8.18. The molecule has 2 fully saturated rings. The first-order valence-corrected chi connectivity index (χ1v) is 24.7. The number of ether oxygens (including phenoxy) is 1. The number of para-hydroxylation sites is 4. The van der Waals surface area contributed by atoms with Crippen molar-refractivity contribution in [3.63, 3.8) is 0 Å². The van der Waals surface area contributed by atoms with Crippen LogP contribution >= 0.6 is 23.2 Å². The number of nitrogens with one attached hydrogen (secondary N) is 4. The van der Waals surface area contributed by atoms with Gasteiger partial charge >= 0.3 is 41.8 Å². The molecule has 9 aromatic rings. The first-order valence-electron chi connectivity index (χ1n) is 23.9. The van der Waals surface area contributed by atoms with Gasteiger partial charge in [-0.2, -0.15) is 39.5 Å². The van der Waals surface area contributed by atoms with Crippen molar-refractivity contribution < 1.29 is 53.8 Å². The number of anilines is 3. The number of imidazole rings is 4. The summed E-state index contributed by atoms with van der Waals surface area (Å²) in [6.45, 7) is 3.79. The Morgan fingerprint density at radius 2 is 1.12 bits per heavy atom. The van der Waals surface area contributed by atoms with E-state index < -0.39 is 42.1 Å². The number of benzene rings is 2. The third-order valence-electron chi connectivity index (χ3n) is 12.3. The summed E-state index contributed by atoms with van der Waals surface area (Å²) < 4.78 is 119. The first kappa shape index (κ1) is 62.8. The number of carbonyl (C=O) groups excluding carboxylic acids is 2. The number of aromatic amines is 2. The second kappa shape index (κ2) is 26.0. The Hall–Kier alpha value is -8.39. The van der Waals surface area contributed by atoms with Crippen LogP contribution in [0, 0.1) is 0 Å². The van der Waals surface area contributed by atoms with Gasteiger partial charge in [-0.1, -0.05) is 54.9 Å². The summed E-state index contributed by atoms with van der Waals surface area (Å²) in [5.74, 6) is -4.86. The van der Waals surface area contributed by atoms with Crippen molar-refractivity contribution in [2.45, 2.75) is 70.6 Å². The number of nitrogens with two attached hydrogens (primary N) is 1. The fourth-order valence-corrected chi connectivity index (χ4v) is 9.04. The number of halogens is 11. The second-order valence-electron chi connectivity index (χ2n) is 17.6. The van der Waals surface area contributed by atoms with Crippen molar-refractivity contribution in [2.75, 3.05) is 49.2 Å². The lowest BCUT2D eigenvalue weighted by atomic mass is 10.0. The average Bonchev–Trinajstić information content (AvgIpc) is 4.08. The zero-order valence-corrected chi connectivity index (χ0v) is 44.3. The van der Waals surface area contributed by atoms with Gasteiger partial charge in [-0.3, -0.25) is 13.9 Å². The minimum absolute atomic E-state index is 0. The molecule has 34 heteroatoms. The van der Waals surface area contributed by atoms with E-state index >= 15 is 0 Å². The quantitative estimate of drug-likeness (QED) is 0.0480. The van der Waals surface area contributed by atoms with Crippen LogP contribution < -0.4 is 32.6 Å². The highest BCUT2D eigenvalue weighted by Crippen LogP contribution is 2.35. The second-order valence-corrected chi connectivity index (χ2v) is 18.3. The van der Waals surface area contributed by atoms with Crippen LogP contribution in [0.25, 0.3) is 44.4 Å². The summed E-state index contributed by atoms with van der Waals surface area (Å²) in [4.78, 5) is 81.6. The molecular weight excluding hydrogens is 1150 g/mol. The normalized spacial score (nSPS) is 14.1. The van der Waals surface area contributed by atoms with E-state index in [0.29, 0.717) is 56.2 Å². The molecule has 7 aromatic heterocycles. The molecule has 0 radical (unpaired) electrons. The Balaban J connectivity index is 0.000000178. The van der Waals surface area contributed by atoms with E-state index in [-0.39, 0.29) is 57.5 Å². The van der Waals surface area contributed by atoms with Crippen LogP contribution in [0.2, 0.25) is 10.3 Å². The number of carbonyl (C=O) groups is 2. The van der Waals surface area contributed by atoms with Gasteiger partial charge in [-0.15, -0.1) is 0 Å². The van der Waals surface area contributed by atoms with Gasteiger partial charge in [-0.25, -0.2) is 54.3 Å². The van der Waals surface area contributed by atoms with E-state index in [9.17, 15) is 58.7 Å². The average molecular weight is 1200 g/mol. The summed E-state index contributed by atoms with van der Waals surface area (Å²) >= 11 is 11.2. The number of aryl methyl sites for hydroxylation is 2. The highest BCUT2D eigenvalue weighted by molar-refractivity contribution is 6.33. The molecule has 0 spiro atoms. The fraction of sp³-hybridized carbons (Fsp3) is 0.375. The number of nitrogens with zero attached hydrogens (tertiary/aromatic N) is 13. The number of alkyl halides is 9. The van der Waals surface area contributed by atoms with E-state index in [1.165, 1.54) is 26.7 Å².